The van der Waals surface area contributed by atoms with Crippen LogP contribution in [0.4, 0.5) is 22.7 Å². The van der Waals surface area contributed by atoms with Gasteiger partial charge in [0.1, 0.15) is 0 Å². The van der Waals surface area contributed by atoms with E-state index in [0.29, 0.717) is 0 Å². The van der Waals surface area contributed by atoms with E-state index in [4.69, 9.17) is 0 Å². The molecular formula is C59H60N2SSi. The molecule has 7 aromatic carbocycles. The fourth-order valence-electron chi connectivity index (χ4n) is 11.5. The Bertz CT molecular complexity index is 2860. The largest absolute Gasteiger partial charge is 0.364 e. The van der Waals surface area contributed by atoms with Gasteiger partial charge in [-0.2, -0.15) is 0 Å². The van der Waals surface area contributed by atoms with E-state index >= 15 is 0 Å². The van der Waals surface area contributed by atoms with Gasteiger partial charge in [-0.15, -0.1) is 11.8 Å². The Morgan fingerprint density at radius 2 is 0.984 bits per heavy atom. The summed E-state index contributed by atoms with van der Waals surface area (Å²) >= 11 is 2.01. The first-order valence-electron chi connectivity index (χ1n) is 23.2. The van der Waals surface area contributed by atoms with Crippen LogP contribution < -0.4 is 15.0 Å². The lowest BCUT2D eigenvalue weighted by molar-refractivity contribution is 0.490. The van der Waals surface area contributed by atoms with Crippen LogP contribution in [0.15, 0.2) is 150 Å². The van der Waals surface area contributed by atoms with Gasteiger partial charge in [-0.05, 0) is 140 Å². The Morgan fingerprint density at radius 1 is 0.524 bits per heavy atom. The lowest BCUT2D eigenvalue weighted by atomic mass is 9.73. The van der Waals surface area contributed by atoms with Gasteiger partial charge in [0.2, 0.25) is 0 Å². The zero-order chi connectivity index (χ0) is 43.7. The van der Waals surface area contributed by atoms with Gasteiger partial charge in [-0.3, -0.25) is 0 Å². The average Bonchev–Trinajstić information content (AvgIpc) is 3.93. The fourth-order valence-corrected chi connectivity index (χ4v) is 14.4. The van der Waals surface area contributed by atoms with E-state index in [1.54, 1.807) is 5.19 Å². The molecule has 316 valence electrons. The minimum atomic E-state index is -1.50. The van der Waals surface area contributed by atoms with Gasteiger partial charge in [0.05, 0.1) is 19.6 Å². The van der Waals surface area contributed by atoms with Crippen LogP contribution >= 0.6 is 11.8 Å². The predicted octanol–water partition coefficient (Wildman–Crippen LogP) is 16.2. The van der Waals surface area contributed by atoms with E-state index in [-0.39, 0.29) is 10.8 Å². The standard InChI is InChI=1S/C59H60N2SSi/c1-9-58(10-2)51-35-40(25-29-47(51)49-31-27-42(37-53(49)58)46-33-34-55(63(6,7)8)56-57(46)62-39-60(56)5)23-24-41-26-30-48-50-32-28-45(38-54(50)59(11-3,12-4)52(48)36-41)61(43-19-15-13-16-20-43)44-21-17-14-18-22-44/h13-38H,9-12,39H2,1-8H3/b24-23+. The maximum Gasteiger partial charge on any atom is 0.0803 e. The van der Waals surface area contributed by atoms with Crippen molar-refractivity contribution in [3.63, 3.8) is 0 Å². The third-order valence-electron chi connectivity index (χ3n) is 15.0. The van der Waals surface area contributed by atoms with Gasteiger partial charge in [0, 0.05) is 39.8 Å². The molecule has 0 bridgehead atoms. The molecule has 0 aromatic heterocycles. The fraction of sp³-hybridized carbons (Fsp3) is 0.254. The summed E-state index contributed by atoms with van der Waals surface area (Å²) in [6, 6.07) is 55.4. The molecule has 0 N–H and O–H groups in total. The summed E-state index contributed by atoms with van der Waals surface area (Å²) in [7, 11) is 0.769. The van der Waals surface area contributed by atoms with Crippen LogP contribution in [-0.2, 0) is 10.8 Å². The summed E-state index contributed by atoms with van der Waals surface area (Å²) in [6.45, 7) is 17.0. The number of fused-ring (bicyclic) bond motifs is 7. The van der Waals surface area contributed by atoms with Crippen molar-refractivity contribution >= 4 is 59.9 Å². The Morgan fingerprint density at radius 3 is 1.49 bits per heavy atom. The number of nitrogens with zero attached hydrogens (tertiary/aromatic N) is 2. The van der Waals surface area contributed by atoms with Crippen molar-refractivity contribution in [1.82, 2.24) is 0 Å². The van der Waals surface area contributed by atoms with Gasteiger partial charge >= 0.3 is 0 Å². The monoisotopic (exact) mass is 856 g/mol. The zero-order valence-corrected chi connectivity index (χ0v) is 40.2. The second kappa shape index (κ2) is 15.9. The van der Waals surface area contributed by atoms with E-state index in [0.717, 1.165) is 31.6 Å². The normalized spacial score (nSPS) is 15.3. The van der Waals surface area contributed by atoms with Crippen molar-refractivity contribution in [3.05, 3.63) is 179 Å². The van der Waals surface area contributed by atoms with E-state index in [1.165, 1.54) is 94.4 Å². The molecule has 7 aromatic rings. The molecule has 0 saturated heterocycles. The lowest BCUT2D eigenvalue weighted by Crippen LogP contribution is -2.40. The molecule has 0 saturated carbocycles. The first-order chi connectivity index (χ1) is 30.5. The van der Waals surface area contributed by atoms with Crippen molar-refractivity contribution < 1.29 is 0 Å². The molecule has 4 heteroatoms. The highest BCUT2D eigenvalue weighted by Crippen LogP contribution is 2.56. The molecule has 0 radical (unpaired) electrons. The molecule has 3 aliphatic rings. The van der Waals surface area contributed by atoms with Crippen LogP contribution in [0, 0.1) is 0 Å². The van der Waals surface area contributed by atoms with E-state index in [2.05, 4.69) is 222 Å². The Labute approximate surface area is 381 Å². The second-order valence-corrected chi connectivity index (χ2v) is 25.1. The molecule has 0 amide bonds. The molecule has 1 heterocycles. The van der Waals surface area contributed by atoms with Gasteiger partial charge in [0.25, 0.3) is 0 Å². The highest BCUT2D eigenvalue weighted by molar-refractivity contribution is 8.00. The summed E-state index contributed by atoms with van der Waals surface area (Å²) in [4.78, 5) is 6.33. The van der Waals surface area contributed by atoms with Crippen LogP contribution in [-0.4, -0.2) is 21.0 Å². The average molecular weight is 857 g/mol. The zero-order valence-electron chi connectivity index (χ0n) is 38.3. The first-order valence-corrected chi connectivity index (χ1v) is 27.7. The van der Waals surface area contributed by atoms with Crippen LogP contribution in [0.2, 0.25) is 19.6 Å². The van der Waals surface area contributed by atoms with E-state index in [9.17, 15) is 0 Å². The molecule has 0 atom stereocenters. The number of hydrogen-bond donors (Lipinski definition) is 0. The molecular weight excluding hydrogens is 797 g/mol. The second-order valence-electron chi connectivity index (χ2n) is 19.1. The van der Waals surface area contributed by atoms with Crippen LogP contribution in [0.25, 0.3) is 45.5 Å². The Balaban J connectivity index is 0.980. The number of benzene rings is 7. The van der Waals surface area contributed by atoms with E-state index < -0.39 is 8.07 Å². The smallest absolute Gasteiger partial charge is 0.0803 e. The molecule has 63 heavy (non-hydrogen) atoms. The molecule has 0 spiro atoms. The van der Waals surface area contributed by atoms with E-state index in [1.807, 2.05) is 11.8 Å². The Kier molecular flexibility index (Phi) is 10.5. The van der Waals surface area contributed by atoms with Crippen LogP contribution in [0.5, 0.6) is 0 Å². The summed E-state index contributed by atoms with van der Waals surface area (Å²) < 4.78 is 0. The number of thioether (sulfide) groups is 1. The van der Waals surface area contributed by atoms with Crippen molar-refractivity contribution in [3.8, 4) is 33.4 Å². The summed E-state index contributed by atoms with van der Waals surface area (Å²) in [5.41, 5.74) is 21.6. The molecule has 10 rings (SSSR count). The van der Waals surface area contributed by atoms with Crippen molar-refractivity contribution in [2.45, 2.75) is 88.7 Å². The summed E-state index contributed by atoms with van der Waals surface area (Å²) in [6.07, 6.45) is 8.92. The topological polar surface area (TPSA) is 6.48 Å². The van der Waals surface area contributed by atoms with Crippen molar-refractivity contribution in [2.75, 3.05) is 22.7 Å². The van der Waals surface area contributed by atoms with Crippen LogP contribution in [0.1, 0.15) is 86.8 Å². The van der Waals surface area contributed by atoms with Gasteiger partial charge in [0.15, 0.2) is 0 Å². The summed E-state index contributed by atoms with van der Waals surface area (Å²) in [5.74, 6) is 1.02. The molecule has 2 nitrogen and oxygen atoms in total. The maximum atomic E-state index is 2.56. The Hall–Kier alpha value is -5.55. The third-order valence-corrected chi connectivity index (χ3v) is 18.2. The number of anilines is 4. The highest BCUT2D eigenvalue weighted by Gasteiger charge is 2.42. The molecule has 1 aliphatic heterocycles. The van der Waals surface area contributed by atoms with Crippen molar-refractivity contribution in [1.29, 1.82) is 0 Å². The first kappa shape index (κ1) is 41.5. The SMILES string of the molecule is CCC1(CC)c2cc(/C=C/c3ccc4c(c3)C(CC)(CC)c3cc(N(c5ccccc5)c5ccccc5)ccc3-4)ccc2-c2ccc(-c3ccc([Si](C)(C)C)c4c3SCN4C)cc21. The van der Waals surface area contributed by atoms with Gasteiger partial charge < -0.3 is 9.80 Å². The van der Waals surface area contributed by atoms with Crippen molar-refractivity contribution in [2.24, 2.45) is 0 Å². The molecule has 0 fully saturated rings. The van der Waals surface area contributed by atoms with Gasteiger partial charge in [-0.1, -0.05) is 163 Å². The lowest BCUT2D eigenvalue weighted by Gasteiger charge is -2.32. The molecule has 0 unspecified atom stereocenters. The minimum absolute atomic E-state index is 0.0213. The summed E-state index contributed by atoms with van der Waals surface area (Å²) in [5, 5.41) is 1.57. The number of rotatable bonds is 11. The maximum absolute atomic E-state index is 2.56. The van der Waals surface area contributed by atoms with Gasteiger partial charge in [-0.25, -0.2) is 0 Å². The quantitative estimate of drug-likeness (QED) is 0.0945. The third kappa shape index (κ3) is 6.58. The highest BCUT2D eigenvalue weighted by atomic mass is 32.2. The number of para-hydroxylation sites is 2. The number of hydrogen-bond acceptors (Lipinski definition) is 3. The molecule has 2 aliphatic carbocycles. The minimum Gasteiger partial charge on any atom is -0.364 e. The van der Waals surface area contributed by atoms with Crippen LogP contribution in [0.3, 0.4) is 0 Å². The predicted molar refractivity (Wildman–Crippen MR) is 278 cm³/mol.